The summed E-state index contributed by atoms with van der Waals surface area (Å²) in [4.78, 5) is 0. The molecule has 0 unspecified atom stereocenters. The molecule has 2 nitrogen and oxygen atoms in total. The van der Waals surface area contributed by atoms with Gasteiger partial charge in [-0.15, -0.1) is 0 Å². The van der Waals surface area contributed by atoms with Crippen LogP contribution in [0.5, 0.6) is 0 Å². The Labute approximate surface area is 66.9 Å². The monoisotopic (exact) mass is 187 g/mol. The SMILES string of the molecule is CC(CF)(CF)/C(=N\O)C(F)F. The van der Waals surface area contributed by atoms with Crippen molar-refractivity contribution >= 4 is 5.71 Å². The molecule has 6 heteroatoms. The van der Waals surface area contributed by atoms with E-state index in [9.17, 15) is 17.6 Å². The third kappa shape index (κ3) is 2.09. The number of hydrogen-bond acceptors (Lipinski definition) is 2. The van der Waals surface area contributed by atoms with E-state index in [1.54, 1.807) is 0 Å². The summed E-state index contributed by atoms with van der Waals surface area (Å²) in [6.45, 7) is -1.73. The molecule has 0 atom stereocenters. The lowest BCUT2D eigenvalue weighted by Gasteiger charge is -2.22. The number of nitrogens with zero attached hydrogens (tertiary/aromatic N) is 1. The highest BCUT2D eigenvalue weighted by Crippen LogP contribution is 2.24. The summed E-state index contributed by atoms with van der Waals surface area (Å²) >= 11 is 0. The highest BCUT2D eigenvalue weighted by atomic mass is 19.3. The third-order valence-electron chi connectivity index (χ3n) is 1.52. The number of hydrogen-bond donors (Lipinski definition) is 1. The van der Waals surface area contributed by atoms with Gasteiger partial charge in [0.15, 0.2) is 0 Å². The first kappa shape index (κ1) is 11.2. The zero-order chi connectivity index (χ0) is 9.78. The minimum absolute atomic E-state index is 0.925. The minimum atomic E-state index is -3.15. The van der Waals surface area contributed by atoms with Gasteiger partial charge in [0, 0.05) is 0 Å². The molecule has 0 aromatic heterocycles. The van der Waals surface area contributed by atoms with Crippen LogP contribution in [0.3, 0.4) is 0 Å². The van der Waals surface area contributed by atoms with Gasteiger partial charge in [0.1, 0.15) is 19.1 Å². The Morgan fingerprint density at radius 2 is 1.83 bits per heavy atom. The van der Waals surface area contributed by atoms with Crippen molar-refractivity contribution < 1.29 is 22.8 Å². The molecule has 0 spiro atoms. The highest BCUT2D eigenvalue weighted by molar-refractivity contribution is 5.92. The van der Waals surface area contributed by atoms with E-state index in [0.29, 0.717) is 0 Å². The van der Waals surface area contributed by atoms with Crippen LogP contribution in [-0.4, -0.2) is 30.7 Å². The lowest BCUT2D eigenvalue weighted by atomic mass is 9.88. The molecular weight excluding hydrogens is 178 g/mol. The van der Waals surface area contributed by atoms with E-state index in [0.717, 1.165) is 6.92 Å². The molecule has 0 radical (unpaired) electrons. The third-order valence-corrected chi connectivity index (χ3v) is 1.52. The van der Waals surface area contributed by atoms with Crippen molar-refractivity contribution in [2.24, 2.45) is 10.6 Å². The summed E-state index contributed by atoms with van der Waals surface area (Å²) in [5.74, 6) is 0. The van der Waals surface area contributed by atoms with Crippen LogP contribution in [0.1, 0.15) is 6.92 Å². The molecule has 0 saturated carbocycles. The van der Waals surface area contributed by atoms with Crippen LogP contribution in [0, 0.1) is 5.41 Å². The summed E-state index contributed by atoms with van der Waals surface area (Å²) in [5, 5.41) is 10.3. The van der Waals surface area contributed by atoms with Crippen LogP contribution < -0.4 is 0 Å². The highest BCUT2D eigenvalue weighted by Gasteiger charge is 2.37. The molecule has 0 aromatic rings. The molecule has 0 aromatic carbocycles. The van der Waals surface area contributed by atoms with Crippen LogP contribution in [0.2, 0.25) is 0 Å². The Morgan fingerprint density at radius 1 is 1.42 bits per heavy atom. The van der Waals surface area contributed by atoms with Gasteiger partial charge in [-0.3, -0.25) is 0 Å². The van der Waals surface area contributed by atoms with Gasteiger partial charge in [-0.1, -0.05) is 5.16 Å². The van der Waals surface area contributed by atoms with Gasteiger partial charge in [0.05, 0.1) is 5.41 Å². The fraction of sp³-hybridized carbons (Fsp3) is 0.833. The standard InChI is InChI=1S/C6H9F4NO/c1-6(2-7,3-8)4(11-12)5(9)10/h5,12H,2-3H2,1H3/b11-4-. The zero-order valence-electron chi connectivity index (χ0n) is 6.40. The van der Waals surface area contributed by atoms with E-state index in [2.05, 4.69) is 5.16 Å². The molecule has 12 heavy (non-hydrogen) atoms. The van der Waals surface area contributed by atoms with E-state index < -0.39 is 30.9 Å². The summed E-state index contributed by atoms with van der Waals surface area (Å²) in [7, 11) is 0. The van der Waals surface area contributed by atoms with E-state index in [1.165, 1.54) is 0 Å². The van der Waals surface area contributed by atoms with Crippen LogP contribution in [0.15, 0.2) is 5.16 Å². The second-order valence-corrected chi connectivity index (χ2v) is 2.61. The number of halogens is 4. The molecule has 0 bridgehead atoms. The van der Waals surface area contributed by atoms with Crippen molar-refractivity contribution in [2.75, 3.05) is 13.3 Å². The average molecular weight is 187 g/mol. The molecule has 0 heterocycles. The van der Waals surface area contributed by atoms with Gasteiger partial charge >= 0.3 is 0 Å². The fourth-order valence-corrected chi connectivity index (χ4v) is 0.600. The van der Waals surface area contributed by atoms with E-state index in [-0.39, 0.29) is 0 Å². The Balaban J connectivity index is 4.69. The van der Waals surface area contributed by atoms with Crippen molar-refractivity contribution in [3.05, 3.63) is 0 Å². The number of alkyl halides is 4. The Kier molecular flexibility index (Phi) is 3.99. The van der Waals surface area contributed by atoms with Crippen LogP contribution >= 0.6 is 0 Å². The van der Waals surface area contributed by atoms with Gasteiger partial charge in [0.25, 0.3) is 6.43 Å². The summed E-state index contributed by atoms with van der Waals surface area (Å²) in [6.07, 6.45) is -3.15. The normalized spacial score (nSPS) is 14.0. The van der Waals surface area contributed by atoms with E-state index >= 15 is 0 Å². The molecule has 0 aliphatic rings. The van der Waals surface area contributed by atoms with Crippen LogP contribution in [-0.2, 0) is 0 Å². The fourth-order valence-electron chi connectivity index (χ4n) is 0.600. The molecule has 0 aliphatic heterocycles. The van der Waals surface area contributed by atoms with Gasteiger partial charge < -0.3 is 5.21 Å². The van der Waals surface area contributed by atoms with Gasteiger partial charge in [-0.2, -0.15) is 0 Å². The molecule has 0 saturated heterocycles. The topological polar surface area (TPSA) is 32.6 Å². The first-order valence-electron chi connectivity index (χ1n) is 3.14. The maximum absolute atomic E-state index is 12.1. The lowest BCUT2D eigenvalue weighted by molar-refractivity contribution is 0.167. The molecule has 0 rings (SSSR count). The molecule has 0 fully saturated rings. The quantitative estimate of drug-likeness (QED) is 0.310. The van der Waals surface area contributed by atoms with Gasteiger partial charge in [0.2, 0.25) is 0 Å². The molecule has 72 valence electrons. The first-order valence-corrected chi connectivity index (χ1v) is 3.14. The maximum Gasteiger partial charge on any atom is 0.280 e. The van der Waals surface area contributed by atoms with Gasteiger partial charge in [-0.05, 0) is 6.92 Å². The Bertz CT molecular complexity index is 167. The van der Waals surface area contributed by atoms with Gasteiger partial charge in [-0.25, -0.2) is 17.6 Å². The smallest absolute Gasteiger partial charge is 0.280 e. The van der Waals surface area contributed by atoms with Crippen molar-refractivity contribution in [1.82, 2.24) is 0 Å². The molecule has 1 N–H and O–H groups in total. The van der Waals surface area contributed by atoms with Crippen molar-refractivity contribution in [1.29, 1.82) is 0 Å². The second-order valence-electron chi connectivity index (χ2n) is 2.61. The van der Waals surface area contributed by atoms with Crippen LogP contribution in [0.4, 0.5) is 17.6 Å². The summed E-state index contributed by atoms with van der Waals surface area (Å²) in [5.41, 5.74) is -3.17. The minimum Gasteiger partial charge on any atom is -0.411 e. The zero-order valence-corrected chi connectivity index (χ0v) is 6.40. The Morgan fingerprint density at radius 3 is 1.92 bits per heavy atom. The molecular formula is C6H9F4NO. The number of oxime groups is 1. The van der Waals surface area contributed by atoms with E-state index in [1.807, 2.05) is 0 Å². The summed E-state index contributed by atoms with van der Waals surface area (Å²) < 4.78 is 48.0. The van der Waals surface area contributed by atoms with Crippen molar-refractivity contribution in [3.8, 4) is 0 Å². The van der Waals surface area contributed by atoms with Crippen molar-refractivity contribution in [2.45, 2.75) is 13.3 Å². The summed E-state index contributed by atoms with van der Waals surface area (Å²) in [6, 6.07) is 0. The van der Waals surface area contributed by atoms with Crippen molar-refractivity contribution in [3.63, 3.8) is 0 Å². The Hall–Kier alpha value is -0.810. The molecule has 0 aliphatic carbocycles. The average Bonchev–Trinajstić information content (AvgIpc) is 2.04. The largest absolute Gasteiger partial charge is 0.411 e. The predicted octanol–water partition coefficient (Wildman–Crippen LogP) is 2.03. The van der Waals surface area contributed by atoms with Crippen LogP contribution in [0.25, 0.3) is 0 Å². The second kappa shape index (κ2) is 4.27. The maximum atomic E-state index is 12.1. The van der Waals surface area contributed by atoms with E-state index in [4.69, 9.17) is 5.21 Å². The number of rotatable bonds is 4. The first-order chi connectivity index (χ1) is 5.51. The predicted molar refractivity (Wildman–Crippen MR) is 35.3 cm³/mol. The molecule has 0 amide bonds. The lowest BCUT2D eigenvalue weighted by Crippen LogP contribution is -2.37.